The van der Waals surface area contributed by atoms with E-state index in [1.54, 1.807) is 0 Å². The summed E-state index contributed by atoms with van der Waals surface area (Å²) in [6.45, 7) is 8.36. The molecule has 0 aliphatic heterocycles. The normalized spacial score (nSPS) is 10.8. The number of hydrogen-bond donors (Lipinski definition) is 2. The third kappa shape index (κ3) is 5.70. The molecule has 0 unspecified atom stereocenters. The Morgan fingerprint density at radius 1 is 1.25 bits per heavy atom. The first-order valence-corrected chi connectivity index (χ1v) is 7.11. The van der Waals surface area contributed by atoms with Crippen LogP contribution in [0.4, 0.5) is 0 Å². The molecule has 0 bridgehead atoms. The van der Waals surface area contributed by atoms with Gasteiger partial charge in [0, 0.05) is 18.1 Å². The smallest absolute Gasteiger partial charge is 0.230 e. The summed E-state index contributed by atoms with van der Waals surface area (Å²) >= 11 is 5.98. The van der Waals surface area contributed by atoms with E-state index in [-0.39, 0.29) is 18.3 Å². The van der Waals surface area contributed by atoms with E-state index < -0.39 is 5.41 Å². The van der Waals surface area contributed by atoms with E-state index in [0.717, 1.165) is 25.1 Å². The zero-order valence-corrected chi connectivity index (χ0v) is 13.9. The molecule has 114 valence electrons. The lowest BCUT2D eigenvalue weighted by molar-refractivity contribution is -0.125. The van der Waals surface area contributed by atoms with Crippen molar-refractivity contribution in [2.45, 2.75) is 32.6 Å². The highest BCUT2D eigenvalue weighted by Gasteiger charge is 2.29. The Hall–Kier alpha value is -0.770. The van der Waals surface area contributed by atoms with Crippen molar-refractivity contribution in [3.05, 3.63) is 34.9 Å². The van der Waals surface area contributed by atoms with E-state index in [4.69, 9.17) is 11.6 Å². The van der Waals surface area contributed by atoms with Crippen molar-refractivity contribution in [3.8, 4) is 0 Å². The van der Waals surface area contributed by atoms with Crippen LogP contribution in [0.5, 0.6) is 0 Å². The highest BCUT2D eigenvalue weighted by molar-refractivity contribution is 6.30. The molecule has 1 aromatic rings. The molecule has 0 saturated heterocycles. The molecule has 2 N–H and O–H groups in total. The monoisotopic (exact) mass is 318 g/mol. The summed E-state index contributed by atoms with van der Waals surface area (Å²) in [4.78, 5) is 12.2. The van der Waals surface area contributed by atoms with Crippen LogP contribution in [0, 0.1) is 0 Å². The molecule has 0 aliphatic carbocycles. The number of rotatable bonds is 7. The summed E-state index contributed by atoms with van der Waals surface area (Å²) in [5, 5.41) is 6.87. The molecule has 0 aliphatic rings. The number of amides is 1. The molecule has 1 amide bonds. The maximum absolute atomic E-state index is 12.2. The van der Waals surface area contributed by atoms with Gasteiger partial charge in [-0.3, -0.25) is 4.79 Å². The second-order valence-corrected chi connectivity index (χ2v) is 5.58. The second-order valence-electron chi connectivity index (χ2n) is 5.14. The first kappa shape index (κ1) is 19.2. The third-order valence-electron chi connectivity index (χ3n) is 3.13. The quantitative estimate of drug-likeness (QED) is 0.758. The van der Waals surface area contributed by atoms with Gasteiger partial charge in [0.25, 0.3) is 0 Å². The van der Waals surface area contributed by atoms with Gasteiger partial charge in [-0.15, -0.1) is 12.4 Å². The number of carbonyl (C=O) groups is 1. The predicted molar refractivity (Wildman–Crippen MR) is 87.9 cm³/mol. The van der Waals surface area contributed by atoms with E-state index in [2.05, 4.69) is 17.6 Å². The molecule has 0 atom stereocenters. The predicted octanol–water partition coefficient (Wildman–Crippen LogP) is 3.16. The SMILES string of the molecule is CCCNCCNC(=O)C(C)(C)c1cccc(Cl)c1.Cl. The van der Waals surface area contributed by atoms with Crippen molar-refractivity contribution < 1.29 is 4.79 Å². The maximum Gasteiger partial charge on any atom is 0.230 e. The fourth-order valence-electron chi connectivity index (χ4n) is 1.80. The molecule has 20 heavy (non-hydrogen) atoms. The minimum atomic E-state index is -0.574. The number of hydrogen-bond acceptors (Lipinski definition) is 2. The van der Waals surface area contributed by atoms with E-state index in [1.807, 2.05) is 38.1 Å². The molecule has 5 heteroatoms. The van der Waals surface area contributed by atoms with Gasteiger partial charge < -0.3 is 10.6 Å². The minimum absolute atomic E-state index is 0. The van der Waals surface area contributed by atoms with Gasteiger partial charge in [0.15, 0.2) is 0 Å². The molecule has 0 radical (unpaired) electrons. The highest BCUT2D eigenvalue weighted by Crippen LogP contribution is 2.25. The largest absolute Gasteiger partial charge is 0.354 e. The van der Waals surface area contributed by atoms with Crippen LogP contribution >= 0.6 is 24.0 Å². The van der Waals surface area contributed by atoms with Crippen LogP contribution < -0.4 is 10.6 Å². The molecule has 0 aromatic heterocycles. The number of benzene rings is 1. The molecule has 0 heterocycles. The maximum atomic E-state index is 12.2. The van der Waals surface area contributed by atoms with Crippen LogP contribution in [0.3, 0.4) is 0 Å². The lowest BCUT2D eigenvalue weighted by atomic mass is 9.84. The Morgan fingerprint density at radius 3 is 2.55 bits per heavy atom. The Bertz CT molecular complexity index is 422. The molecule has 0 spiro atoms. The first-order valence-electron chi connectivity index (χ1n) is 6.73. The fourth-order valence-corrected chi connectivity index (χ4v) is 1.99. The van der Waals surface area contributed by atoms with Crippen molar-refractivity contribution in [3.63, 3.8) is 0 Å². The third-order valence-corrected chi connectivity index (χ3v) is 3.36. The van der Waals surface area contributed by atoms with Gasteiger partial charge in [-0.2, -0.15) is 0 Å². The second kappa shape index (κ2) is 9.22. The molecular formula is C15H24Cl2N2O. The standard InChI is InChI=1S/C15H23ClN2O.ClH/c1-4-8-17-9-10-18-14(19)15(2,3)12-6-5-7-13(16)11-12;/h5-7,11,17H,4,8-10H2,1-3H3,(H,18,19);1H. The van der Waals surface area contributed by atoms with E-state index in [9.17, 15) is 4.79 Å². The average Bonchev–Trinajstić information content (AvgIpc) is 2.38. The van der Waals surface area contributed by atoms with Crippen molar-refractivity contribution in [2.24, 2.45) is 0 Å². The van der Waals surface area contributed by atoms with Crippen LogP contribution in [-0.4, -0.2) is 25.5 Å². The van der Waals surface area contributed by atoms with Crippen molar-refractivity contribution >= 4 is 29.9 Å². The Kier molecular flexibility index (Phi) is 8.86. The Labute approximate surface area is 132 Å². The number of carbonyl (C=O) groups excluding carboxylic acids is 1. The zero-order chi connectivity index (χ0) is 14.3. The topological polar surface area (TPSA) is 41.1 Å². The van der Waals surface area contributed by atoms with Crippen molar-refractivity contribution in [1.29, 1.82) is 0 Å². The zero-order valence-electron chi connectivity index (χ0n) is 12.3. The van der Waals surface area contributed by atoms with Crippen LogP contribution in [-0.2, 0) is 10.2 Å². The van der Waals surface area contributed by atoms with Gasteiger partial charge in [0.05, 0.1) is 5.41 Å². The number of nitrogens with one attached hydrogen (secondary N) is 2. The lowest BCUT2D eigenvalue weighted by Gasteiger charge is -2.24. The molecule has 1 rings (SSSR count). The summed E-state index contributed by atoms with van der Waals surface area (Å²) in [7, 11) is 0. The summed E-state index contributed by atoms with van der Waals surface area (Å²) in [5.41, 5.74) is 0.356. The molecule has 1 aromatic carbocycles. The van der Waals surface area contributed by atoms with Gasteiger partial charge in [0.1, 0.15) is 0 Å². The van der Waals surface area contributed by atoms with Crippen LogP contribution in [0.1, 0.15) is 32.8 Å². The number of halogens is 2. The summed E-state index contributed by atoms with van der Waals surface area (Å²) in [6, 6.07) is 7.46. The summed E-state index contributed by atoms with van der Waals surface area (Å²) in [6.07, 6.45) is 1.10. The van der Waals surface area contributed by atoms with Crippen LogP contribution in [0.2, 0.25) is 5.02 Å². The Balaban J connectivity index is 0.00000361. The average molecular weight is 319 g/mol. The molecule has 0 fully saturated rings. The summed E-state index contributed by atoms with van der Waals surface area (Å²) in [5.74, 6) is 0.0214. The van der Waals surface area contributed by atoms with Crippen molar-refractivity contribution in [1.82, 2.24) is 10.6 Å². The minimum Gasteiger partial charge on any atom is -0.354 e. The molecule has 0 saturated carbocycles. The molecule has 3 nitrogen and oxygen atoms in total. The lowest BCUT2D eigenvalue weighted by Crippen LogP contribution is -2.42. The van der Waals surface area contributed by atoms with Gasteiger partial charge >= 0.3 is 0 Å². The van der Waals surface area contributed by atoms with Crippen molar-refractivity contribution in [2.75, 3.05) is 19.6 Å². The summed E-state index contributed by atoms with van der Waals surface area (Å²) < 4.78 is 0. The van der Waals surface area contributed by atoms with Gasteiger partial charge in [-0.05, 0) is 44.5 Å². The van der Waals surface area contributed by atoms with Crippen LogP contribution in [0.25, 0.3) is 0 Å². The van der Waals surface area contributed by atoms with E-state index >= 15 is 0 Å². The van der Waals surface area contributed by atoms with Gasteiger partial charge in [0.2, 0.25) is 5.91 Å². The van der Waals surface area contributed by atoms with E-state index in [0.29, 0.717) is 11.6 Å². The van der Waals surface area contributed by atoms with Crippen LogP contribution in [0.15, 0.2) is 24.3 Å². The Morgan fingerprint density at radius 2 is 1.95 bits per heavy atom. The fraction of sp³-hybridized carbons (Fsp3) is 0.533. The first-order chi connectivity index (χ1) is 8.98. The highest BCUT2D eigenvalue weighted by atomic mass is 35.5. The van der Waals surface area contributed by atoms with Gasteiger partial charge in [-0.1, -0.05) is 30.7 Å². The van der Waals surface area contributed by atoms with E-state index in [1.165, 1.54) is 0 Å². The molecular weight excluding hydrogens is 295 g/mol. The van der Waals surface area contributed by atoms with Gasteiger partial charge in [-0.25, -0.2) is 0 Å².